The van der Waals surface area contributed by atoms with E-state index in [1.165, 1.54) is 23.6 Å². The molecule has 7 nitrogen and oxygen atoms in total. The van der Waals surface area contributed by atoms with Crippen LogP contribution in [-0.4, -0.2) is 26.1 Å². The Labute approximate surface area is 182 Å². The number of benzene rings is 1. The molecule has 1 aliphatic heterocycles. The lowest BCUT2D eigenvalue weighted by Crippen LogP contribution is -2.37. The Kier molecular flexibility index (Phi) is 5.21. The molecule has 3 N–H and O–H groups in total. The lowest BCUT2D eigenvalue weighted by molar-refractivity contribution is -0.137. The van der Waals surface area contributed by atoms with Crippen LogP contribution in [0.3, 0.4) is 0 Å². The van der Waals surface area contributed by atoms with E-state index in [2.05, 4.69) is 15.4 Å². The number of carbonyl (C=O) groups is 1. The average Bonchev–Trinajstić information content (AvgIpc) is 3.36. The maximum atomic E-state index is 14.7. The van der Waals surface area contributed by atoms with Crippen molar-refractivity contribution in [3.8, 4) is 0 Å². The SMILES string of the molecule is CC1(c2cc(NC(=O)c3ccn(C(F)F)n3)ccc2F)Cn2cc(C(F)(F)F)cc2C(N)=N1. The van der Waals surface area contributed by atoms with Crippen LogP contribution >= 0.6 is 0 Å². The number of amidine groups is 1. The second kappa shape index (κ2) is 7.67. The Bertz CT molecular complexity index is 1260. The van der Waals surface area contributed by atoms with Crippen molar-refractivity contribution in [3.05, 3.63) is 71.1 Å². The summed E-state index contributed by atoms with van der Waals surface area (Å²) in [7, 11) is 0. The smallest absolute Gasteiger partial charge is 0.382 e. The van der Waals surface area contributed by atoms with Gasteiger partial charge < -0.3 is 15.6 Å². The molecule has 1 aromatic carbocycles. The number of halogens is 6. The van der Waals surface area contributed by atoms with Gasteiger partial charge in [0.25, 0.3) is 5.91 Å². The minimum Gasteiger partial charge on any atom is -0.382 e. The highest BCUT2D eigenvalue weighted by Crippen LogP contribution is 2.38. The third-order valence-electron chi connectivity index (χ3n) is 5.18. The number of amides is 1. The fraction of sp³-hybridized carbons (Fsp3) is 0.250. The summed E-state index contributed by atoms with van der Waals surface area (Å²) in [5.74, 6) is -1.74. The van der Waals surface area contributed by atoms with Gasteiger partial charge in [-0.3, -0.25) is 9.79 Å². The van der Waals surface area contributed by atoms with E-state index in [-0.39, 0.29) is 35.0 Å². The van der Waals surface area contributed by atoms with Gasteiger partial charge in [0.05, 0.1) is 17.8 Å². The predicted octanol–water partition coefficient (Wildman–Crippen LogP) is 4.12. The summed E-state index contributed by atoms with van der Waals surface area (Å²) in [6.07, 6.45) is -2.79. The zero-order chi connectivity index (χ0) is 24.1. The molecule has 1 aliphatic rings. The Balaban J connectivity index is 1.64. The van der Waals surface area contributed by atoms with Crippen molar-refractivity contribution in [2.75, 3.05) is 5.32 Å². The fourth-order valence-electron chi connectivity index (χ4n) is 3.63. The maximum absolute atomic E-state index is 14.7. The van der Waals surface area contributed by atoms with Crippen molar-refractivity contribution in [1.29, 1.82) is 0 Å². The number of carbonyl (C=O) groups excluding carboxylic acids is 1. The summed E-state index contributed by atoms with van der Waals surface area (Å²) >= 11 is 0. The normalized spacial score (nSPS) is 18.2. The van der Waals surface area contributed by atoms with E-state index in [9.17, 15) is 31.1 Å². The number of fused-ring (bicyclic) bond motifs is 1. The monoisotopic (exact) mass is 470 g/mol. The Morgan fingerprint density at radius 2 is 1.97 bits per heavy atom. The zero-order valence-electron chi connectivity index (χ0n) is 16.9. The van der Waals surface area contributed by atoms with Gasteiger partial charge in [0.2, 0.25) is 0 Å². The second-order valence-corrected chi connectivity index (χ2v) is 7.62. The summed E-state index contributed by atoms with van der Waals surface area (Å²) in [5, 5.41) is 5.88. The van der Waals surface area contributed by atoms with Gasteiger partial charge in [-0.05, 0) is 37.3 Å². The van der Waals surface area contributed by atoms with Gasteiger partial charge in [0.1, 0.15) is 17.2 Å². The van der Waals surface area contributed by atoms with Crippen LogP contribution in [0, 0.1) is 5.82 Å². The number of hydrogen-bond donors (Lipinski definition) is 2. The van der Waals surface area contributed by atoms with E-state index in [4.69, 9.17) is 5.73 Å². The number of alkyl halides is 5. The highest BCUT2D eigenvalue weighted by Gasteiger charge is 2.38. The lowest BCUT2D eigenvalue weighted by Gasteiger charge is -2.32. The maximum Gasteiger partial charge on any atom is 0.417 e. The molecule has 3 heterocycles. The molecule has 0 aliphatic carbocycles. The van der Waals surface area contributed by atoms with Crippen molar-refractivity contribution in [2.45, 2.75) is 31.7 Å². The van der Waals surface area contributed by atoms with Crippen molar-refractivity contribution in [1.82, 2.24) is 14.3 Å². The molecular formula is C20H16F6N6O. The van der Waals surface area contributed by atoms with Gasteiger partial charge >= 0.3 is 12.7 Å². The number of aromatic nitrogens is 3. The molecule has 174 valence electrons. The molecule has 4 rings (SSSR count). The van der Waals surface area contributed by atoms with Crippen molar-refractivity contribution in [2.24, 2.45) is 10.7 Å². The molecule has 13 heteroatoms. The Hall–Kier alpha value is -3.77. The van der Waals surface area contributed by atoms with Crippen LogP contribution in [-0.2, 0) is 18.3 Å². The highest BCUT2D eigenvalue weighted by molar-refractivity contribution is 6.03. The first-order chi connectivity index (χ1) is 15.4. The van der Waals surface area contributed by atoms with Crippen molar-refractivity contribution in [3.63, 3.8) is 0 Å². The summed E-state index contributed by atoms with van der Waals surface area (Å²) in [6, 6.07) is 5.50. The van der Waals surface area contributed by atoms with Gasteiger partial charge in [0, 0.05) is 23.6 Å². The topological polar surface area (TPSA) is 90.2 Å². The van der Waals surface area contributed by atoms with E-state index in [0.717, 1.165) is 30.6 Å². The molecule has 33 heavy (non-hydrogen) atoms. The van der Waals surface area contributed by atoms with Gasteiger partial charge in [0.15, 0.2) is 5.69 Å². The molecule has 0 radical (unpaired) electrons. The molecule has 0 spiro atoms. The predicted molar refractivity (Wildman–Crippen MR) is 105 cm³/mol. The molecule has 1 atom stereocenters. The lowest BCUT2D eigenvalue weighted by atomic mass is 9.90. The first-order valence-electron chi connectivity index (χ1n) is 9.45. The van der Waals surface area contributed by atoms with Gasteiger partial charge in [-0.2, -0.15) is 27.1 Å². The van der Waals surface area contributed by atoms with Crippen LogP contribution in [0.2, 0.25) is 0 Å². The standard InChI is InChI=1S/C20H16F6N6O/c1-19(9-31-8-10(20(24,25)26)6-15(31)16(27)29-19)12-7-11(2-3-13(12)21)28-17(33)14-4-5-32(30-14)18(22)23/h2-8,18H,9H2,1H3,(H2,27,29)(H,28,33). The molecule has 3 aromatic rings. The summed E-state index contributed by atoms with van der Waals surface area (Å²) in [6.45, 7) is -1.58. The molecule has 0 fully saturated rings. The summed E-state index contributed by atoms with van der Waals surface area (Å²) < 4.78 is 80.9. The number of nitrogens with zero attached hydrogens (tertiary/aromatic N) is 4. The molecule has 2 aromatic heterocycles. The van der Waals surface area contributed by atoms with Crippen molar-refractivity contribution >= 4 is 17.4 Å². The quantitative estimate of drug-likeness (QED) is 0.562. The summed E-state index contributed by atoms with van der Waals surface area (Å²) in [5.41, 5.74) is 3.42. The van der Waals surface area contributed by atoms with E-state index in [1.54, 1.807) is 0 Å². The second-order valence-electron chi connectivity index (χ2n) is 7.62. The fourth-order valence-corrected chi connectivity index (χ4v) is 3.63. The third-order valence-corrected chi connectivity index (χ3v) is 5.18. The largest absolute Gasteiger partial charge is 0.417 e. The van der Waals surface area contributed by atoms with Gasteiger partial charge in [-0.1, -0.05) is 0 Å². The number of aliphatic imine (C=N–C) groups is 1. The van der Waals surface area contributed by atoms with Gasteiger partial charge in [-0.25, -0.2) is 9.07 Å². The minimum absolute atomic E-state index is 0.0331. The number of hydrogen-bond acceptors (Lipinski definition) is 4. The molecule has 0 saturated carbocycles. The summed E-state index contributed by atoms with van der Waals surface area (Å²) in [4.78, 5) is 16.6. The van der Waals surface area contributed by atoms with Crippen LogP contribution in [0.15, 0.2) is 47.7 Å². The number of anilines is 1. The first kappa shape index (κ1) is 22.4. The molecule has 1 unspecified atom stereocenters. The minimum atomic E-state index is -4.59. The van der Waals surface area contributed by atoms with Crippen LogP contribution < -0.4 is 11.1 Å². The van der Waals surface area contributed by atoms with E-state index in [1.807, 2.05) is 0 Å². The highest BCUT2D eigenvalue weighted by atomic mass is 19.4. The molecule has 1 amide bonds. The van der Waals surface area contributed by atoms with E-state index >= 15 is 0 Å². The molecule has 0 bridgehead atoms. The van der Waals surface area contributed by atoms with Crippen LogP contribution in [0.4, 0.5) is 32.0 Å². The van der Waals surface area contributed by atoms with Crippen LogP contribution in [0.5, 0.6) is 0 Å². The number of nitrogens with one attached hydrogen (secondary N) is 1. The third kappa shape index (κ3) is 4.17. The number of rotatable bonds is 4. The number of nitrogens with two attached hydrogens (primary N) is 1. The van der Waals surface area contributed by atoms with E-state index < -0.39 is 35.6 Å². The Morgan fingerprint density at radius 3 is 2.61 bits per heavy atom. The zero-order valence-corrected chi connectivity index (χ0v) is 16.9. The van der Waals surface area contributed by atoms with E-state index in [0.29, 0.717) is 4.68 Å². The van der Waals surface area contributed by atoms with Gasteiger partial charge in [-0.15, -0.1) is 0 Å². The molecule has 0 saturated heterocycles. The molecular weight excluding hydrogens is 454 g/mol. The first-order valence-corrected chi connectivity index (χ1v) is 9.45. The van der Waals surface area contributed by atoms with Crippen LogP contribution in [0.25, 0.3) is 0 Å². The van der Waals surface area contributed by atoms with Crippen molar-refractivity contribution < 1.29 is 31.1 Å². The average molecular weight is 470 g/mol. The van der Waals surface area contributed by atoms with Crippen LogP contribution in [0.1, 0.15) is 40.8 Å². The Morgan fingerprint density at radius 1 is 1.24 bits per heavy atom.